The minimum absolute atomic E-state index is 0.0196. The maximum Gasteiger partial charge on any atom is 0.124 e. The predicted octanol–water partition coefficient (Wildman–Crippen LogP) is 7.98. The van der Waals surface area contributed by atoms with Gasteiger partial charge in [0.15, 0.2) is 0 Å². The lowest BCUT2D eigenvalue weighted by atomic mass is 10.0. The molecule has 0 bridgehead atoms. The van der Waals surface area contributed by atoms with E-state index in [-0.39, 0.29) is 5.83 Å². The zero-order valence-corrected chi connectivity index (χ0v) is 21.8. The molecule has 1 aromatic heterocycles. The number of fused-ring (bicyclic) bond motifs is 1. The lowest BCUT2D eigenvalue weighted by Crippen LogP contribution is -2.34. The summed E-state index contributed by atoms with van der Waals surface area (Å²) in [5.41, 5.74) is 2.00. The second-order valence-electron chi connectivity index (χ2n) is 9.95. The minimum atomic E-state index is 0.0196. The van der Waals surface area contributed by atoms with Crippen molar-refractivity contribution in [3.05, 3.63) is 28.9 Å². The molecule has 0 unspecified atom stereocenters. The normalized spacial score (nSPS) is 13.1. The molecule has 0 radical (unpaired) electrons. The number of aryl methyl sites for hydroxylation is 1. The second kappa shape index (κ2) is 17.0. The zero-order valence-electron chi connectivity index (χ0n) is 21.8. The molecule has 0 spiro atoms. The fraction of sp³-hybridized carbons (Fsp3) is 0.733. The first-order chi connectivity index (χ1) is 16.2. The van der Waals surface area contributed by atoms with Gasteiger partial charge in [-0.05, 0) is 19.8 Å². The van der Waals surface area contributed by atoms with E-state index in [1.807, 2.05) is 4.57 Å². The molecule has 1 N–H and O–H groups in total. The molecule has 1 aliphatic carbocycles. The maximum atomic E-state index is 14.3. The topological polar surface area (TPSA) is 17.0 Å². The van der Waals surface area contributed by atoms with Gasteiger partial charge in [0.1, 0.15) is 5.83 Å². The summed E-state index contributed by atoms with van der Waals surface area (Å²) in [5, 5.41) is 5.29. The average molecular weight is 459 g/mol. The van der Waals surface area contributed by atoms with Gasteiger partial charge in [-0.25, -0.2) is 4.39 Å². The summed E-state index contributed by atoms with van der Waals surface area (Å²) in [6, 6.07) is 0. The molecule has 1 aromatic rings. The third kappa shape index (κ3) is 10.1. The first-order valence-electron chi connectivity index (χ1n) is 14.2. The minimum Gasteiger partial charge on any atom is -0.385 e. The molecule has 188 valence electrons. The second-order valence-corrected chi connectivity index (χ2v) is 9.95. The van der Waals surface area contributed by atoms with Crippen molar-refractivity contribution in [2.24, 2.45) is 0 Å². The Kier molecular flexibility index (Phi) is 14.3. The van der Waals surface area contributed by atoms with Gasteiger partial charge in [0.05, 0.1) is 5.35 Å². The summed E-state index contributed by atoms with van der Waals surface area (Å²) in [6.07, 6.45) is 27.8. The third-order valence-electron chi connectivity index (χ3n) is 7.12. The van der Waals surface area contributed by atoms with Crippen LogP contribution in [0.3, 0.4) is 0 Å². The molecule has 33 heavy (non-hydrogen) atoms. The molecule has 0 saturated carbocycles. The van der Waals surface area contributed by atoms with E-state index in [0.29, 0.717) is 6.42 Å². The third-order valence-corrected chi connectivity index (χ3v) is 7.12. The summed E-state index contributed by atoms with van der Waals surface area (Å²) < 4.78 is 16.4. The standard InChI is InChI=1S/C30H51FN2/c1-4-6-7-8-9-10-11-12-13-14-15-16-17-18-19-20-24-32-26(3)28-25-33(5-2)30-27(28)22-21-23-29(30)31/h22,25,32H,3-21,23-24H2,1-2H3. The molecule has 2 rings (SSSR count). The molecular formula is C30H51FN2. The highest BCUT2D eigenvalue weighted by Gasteiger charge is 2.13. The van der Waals surface area contributed by atoms with Gasteiger partial charge in [-0.2, -0.15) is 0 Å². The van der Waals surface area contributed by atoms with E-state index in [1.54, 1.807) is 0 Å². The van der Waals surface area contributed by atoms with Crippen LogP contribution in [0.15, 0.2) is 12.8 Å². The number of halogens is 1. The Hall–Kier alpha value is -1.51. The summed E-state index contributed by atoms with van der Waals surface area (Å²) in [5.74, 6) is 0.0196. The van der Waals surface area contributed by atoms with E-state index in [0.717, 1.165) is 41.3 Å². The number of nitrogens with one attached hydrogen (secondary N) is 1. The molecule has 0 fully saturated rings. The molecule has 1 heterocycles. The van der Waals surface area contributed by atoms with Crippen LogP contribution < -0.4 is 15.9 Å². The Labute approximate surface area is 203 Å². The van der Waals surface area contributed by atoms with Crippen molar-refractivity contribution >= 4 is 17.6 Å². The Morgan fingerprint density at radius 2 is 1.36 bits per heavy atom. The van der Waals surface area contributed by atoms with Crippen LogP contribution in [0.1, 0.15) is 135 Å². The molecule has 3 heteroatoms. The number of aromatic nitrogens is 1. The van der Waals surface area contributed by atoms with Gasteiger partial charge < -0.3 is 9.88 Å². The van der Waals surface area contributed by atoms with E-state index in [2.05, 4.69) is 38.0 Å². The van der Waals surface area contributed by atoms with Crippen molar-refractivity contribution in [3.63, 3.8) is 0 Å². The van der Waals surface area contributed by atoms with Gasteiger partial charge in [0, 0.05) is 42.2 Å². The molecule has 0 saturated heterocycles. The molecule has 1 aliphatic rings. The van der Waals surface area contributed by atoms with Crippen LogP contribution in [0, 0.1) is 0 Å². The van der Waals surface area contributed by atoms with Gasteiger partial charge in [0.2, 0.25) is 0 Å². The highest BCUT2D eigenvalue weighted by Crippen LogP contribution is 2.15. The summed E-state index contributed by atoms with van der Waals surface area (Å²) in [4.78, 5) is 0. The van der Waals surface area contributed by atoms with Crippen LogP contribution in [0.2, 0.25) is 0 Å². The van der Waals surface area contributed by atoms with Gasteiger partial charge in [-0.3, -0.25) is 0 Å². The van der Waals surface area contributed by atoms with Crippen LogP contribution in [0.4, 0.5) is 4.39 Å². The van der Waals surface area contributed by atoms with Crippen molar-refractivity contribution in [2.75, 3.05) is 6.54 Å². The Bertz CT molecular complexity index is 789. The SMILES string of the molecule is C=C(NCCCCCCCCCCCCCCCCCC)c1cn(CC)c2c1=CCCC=2F. The molecule has 0 atom stereocenters. The summed E-state index contributed by atoms with van der Waals surface area (Å²) >= 11 is 0. The van der Waals surface area contributed by atoms with E-state index in [4.69, 9.17) is 0 Å². The Morgan fingerprint density at radius 1 is 0.848 bits per heavy atom. The van der Waals surface area contributed by atoms with Crippen LogP contribution in [0.25, 0.3) is 17.6 Å². The van der Waals surface area contributed by atoms with Crippen molar-refractivity contribution in [1.82, 2.24) is 9.88 Å². The van der Waals surface area contributed by atoms with E-state index in [1.165, 1.54) is 103 Å². The molecule has 2 nitrogen and oxygen atoms in total. The van der Waals surface area contributed by atoms with E-state index in [9.17, 15) is 4.39 Å². The average Bonchev–Trinajstić information content (AvgIpc) is 3.21. The smallest absolute Gasteiger partial charge is 0.124 e. The van der Waals surface area contributed by atoms with Crippen molar-refractivity contribution in [3.8, 4) is 0 Å². The Balaban J connectivity index is 1.46. The van der Waals surface area contributed by atoms with Crippen LogP contribution >= 0.6 is 0 Å². The lowest BCUT2D eigenvalue weighted by Gasteiger charge is -2.09. The highest BCUT2D eigenvalue weighted by atomic mass is 19.1. The summed E-state index contributed by atoms with van der Waals surface area (Å²) in [7, 11) is 0. The van der Waals surface area contributed by atoms with Crippen LogP contribution in [0.5, 0.6) is 0 Å². The highest BCUT2D eigenvalue weighted by molar-refractivity contribution is 5.64. The van der Waals surface area contributed by atoms with Crippen molar-refractivity contribution < 1.29 is 4.39 Å². The van der Waals surface area contributed by atoms with Gasteiger partial charge in [-0.1, -0.05) is 116 Å². The number of nitrogens with zero attached hydrogens (tertiary/aromatic N) is 1. The zero-order chi connectivity index (χ0) is 23.7. The fourth-order valence-electron chi connectivity index (χ4n) is 5.04. The number of rotatable bonds is 20. The maximum absolute atomic E-state index is 14.3. The summed E-state index contributed by atoms with van der Waals surface area (Å²) in [6.45, 7) is 10.3. The predicted molar refractivity (Wildman–Crippen MR) is 144 cm³/mol. The molecule has 0 aromatic carbocycles. The van der Waals surface area contributed by atoms with Crippen molar-refractivity contribution in [2.45, 2.75) is 136 Å². The molecular weight excluding hydrogens is 407 g/mol. The van der Waals surface area contributed by atoms with Gasteiger partial charge >= 0.3 is 0 Å². The van der Waals surface area contributed by atoms with E-state index >= 15 is 0 Å². The first kappa shape index (κ1) is 27.7. The number of unbranched alkanes of at least 4 members (excludes halogenated alkanes) is 15. The van der Waals surface area contributed by atoms with Crippen LogP contribution in [-0.2, 0) is 6.54 Å². The number of hydrogen-bond donors (Lipinski definition) is 1. The fourth-order valence-corrected chi connectivity index (χ4v) is 5.04. The quantitative estimate of drug-likeness (QED) is 0.196. The monoisotopic (exact) mass is 458 g/mol. The van der Waals surface area contributed by atoms with Crippen LogP contribution in [-0.4, -0.2) is 11.1 Å². The first-order valence-corrected chi connectivity index (χ1v) is 14.2. The lowest BCUT2D eigenvalue weighted by molar-refractivity contribution is 0.529. The molecule has 0 aliphatic heterocycles. The van der Waals surface area contributed by atoms with E-state index < -0.39 is 0 Å². The number of hydrogen-bond acceptors (Lipinski definition) is 1. The van der Waals surface area contributed by atoms with Gasteiger partial charge in [0.25, 0.3) is 0 Å². The van der Waals surface area contributed by atoms with Gasteiger partial charge in [-0.15, -0.1) is 0 Å². The van der Waals surface area contributed by atoms with Crippen molar-refractivity contribution in [1.29, 1.82) is 0 Å². The Morgan fingerprint density at radius 3 is 1.88 bits per heavy atom. The largest absolute Gasteiger partial charge is 0.385 e. The molecule has 0 amide bonds.